The molecule has 146 valence electrons. The van der Waals surface area contributed by atoms with Gasteiger partial charge in [0, 0.05) is 44.1 Å². The van der Waals surface area contributed by atoms with E-state index in [4.69, 9.17) is 4.98 Å². The number of hydrogen-bond donors (Lipinski definition) is 0. The lowest BCUT2D eigenvalue weighted by atomic mass is 10.1. The lowest BCUT2D eigenvalue weighted by Crippen LogP contribution is -2.35. The molecule has 0 aliphatic carbocycles. The molecule has 0 atom stereocenters. The third kappa shape index (κ3) is 3.61. The summed E-state index contributed by atoms with van der Waals surface area (Å²) in [6.07, 6.45) is 4.57. The molecule has 1 amide bonds. The first-order chi connectivity index (χ1) is 14.3. The number of carbonyl (C=O) groups excluding carboxylic acids is 1. The Kier molecular flexibility index (Phi) is 4.73. The molecule has 1 aliphatic rings. The van der Waals surface area contributed by atoms with Crippen LogP contribution >= 0.6 is 11.3 Å². The molecule has 2 aromatic carbocycles. The van der Waals surface area contributed by atoms with E-state index in [0.717, 1.165) is 42.4 Å². The van der Waals surface area contributed by atoms with Gasteiger partial charge in [0.05, 0.1) is 15.9 Å². The van der Waals surface area contributed by atoms with E-state index in [0.29, 0.717) is 12.1 Å². The third-order valence-electron chi connectivity index (χ3n) is 5.22. The molecule has 0 saturated carbocycles. The van der Waals surface area contributed by atoms with Crippen molar-refractivity contribution in [2.24, 2.45) is 0 Å². The lowest BCUT2D eigenvalue weighted by Gasteiger charge is -2.22. The highest BCUT2D eigenvalue weighted by molar-refractivity contribution is 7.22. The first kappa shape index (κ1) is 17.9. The summed E-state index contributed by atoms with van der Waals surface area (Å²) in [5.41, 5.74) is 2.71. The minimum Gasteiger partial charge on any atom is -0.346 e. The lowest BCUT2D eigenvalue weighted by molar-refractivity contribution is 0.0767. The standard InChI is InChI=1S/C22H21N5OS/c28-21(17-7-9-18(10-8-17)27-14-3-11-23-27)25-12-4-13-26(16-15-25)22-24-19-5-1-2-6-20(19)29-22/h1-3,5-11,14H,4,12-13,15-16H2. The smallest absolute Gasteiger partial charge is 0.253 e. The van der Waals surface area contributed by atoms with Gasteiger partial charge < -0.3 is 9.80 Å². The van der Waals surface area contributed by atoms with Gasteiger partial charge in [0.25, 0.3) is 5.91 Å². The van der Waals surface area contributed by atoms with Crippen LogP contribution in [0.25, 0.3) is 15.9 Å². The van der Waals surface area contributed by atoms with Crippen LogP contribution in [0.4, 0.5) is 5.13 Å². The quantitative estimate of drug-likeness (QED) is 0.522. The van der Waals surface area contributed by atoms with Crippen molar-refractivity contribution in [2.45, 2.75) is 6.42 Å². The maximum absolute atomic E-state index is 13.0. The minimum absolute atomic E-state index is 0.0863. The first-order valence-electron chi connectivity index (χ1n) is 9.78. The van der Waals surface area contributed by atoms with Crippen LogP contribution in [-0.2, 0) is 0 Å². The largest absolute Gasteiger partial charge is 0.346 e. The molecule has 1 aliphatic heterocycles. The van der Waals surface area contributed by atoms with Crippen molar-refractivity contribution in [2.75, 3.05) is 31.1 Å². The van der Waals surface area contributed by atoms with E-state index in [1.807, 2.05) is 53.6 Å². The molecule has 2 aromatic heterocycles. The summed E-state index contributed by atoms with van der Waals surface area (Å²) in [6.45, 7) is 3.19. The summed E-state index contributed by atoms with van der Waals surface area (Å²) in [6, 6.07) is 17.7. The molecule has 0 spiro atoms. The number of hydrogen-bond acceptors (Lipinski definition) is 5. The molecule has 6 nitrogen and oxygen atoms in total. The highest BCUT2D eigenvalue weighted by Crippen LogP contribution is 2.29. The number of fused-ring (bicyclic) bond motifs is 1. The van der Waals surface area contributed by atoms with Gasteiger partial charge in [-0.2, -0.15) is 5.10 Å². The Morgan fingerprint density at radius 3 is 2.59 bits per heavy atom. The summed E-state index contributed by atoms with van der Waals surface area (Å²) in [7, 11) is 0. The molecule has 0 unspecified atom stereocenters. The highest BCUT2D eigenvalue weighted by atomic mass is 32.1. The summed E-state index contributed by atoms with van der Waals surface area (Å²) >= 11 is 1.72. The Morgan fingerprint density at radius 2 is 1.79 bits per heavy atom. The van der Waals surface area contributed by atoms with Crippen molar-refractivity contribution >= 4 is 32.6 Å². The van der Waals surface area contributed by atoms with Crippen LogP contribution in [0, 0.1) is 0 Å². The fourth-order valence-corrected chi connectivity index (χ4v) is 4.69. The molecule has 0 radical (unpaired) electrons. The zero-order valence-corrected chi connectivity index (χ0v) is 16.8. The number of anilines is 1. The summed E-state index contributed by atoms with van der Waals surface area (Å²) < 4.78 is 2.99. The molecule has 29 heavy (non-hydrogen) atoms. The normalized spacial score (nSPS) is 14.9. The zero-order valence-electron chi connectivity index (χ0n) is 15.9. The predicted octanol–water partition coefficient (Wildman–Crippen LogP) is 3.83. The van der Waals surface area contributed by atoms with Crippen LogP contribution < -0.4 is 4.90 Å². The zero-order chi connectivity index (χ0) is 19.6. The first-order valence-corrected chi connectivity index (χ1v) is 10.6. The van der Waals surface area contributed by atoms with E-state index < -0.39 is 0 Å². The van der Waals surface area contributed by atoms with Crippen molar-refractivity contribution < 1.29 is 4.79 Å². The van der Waals surface area contributed by atoms with Crippen LogP contribution in [0.2, 0.25) is 0 Å². The molecular formula is C22H21N5OS. The summed E-state index contributed by atoms with van der Waals surface area (Å²) in [5.74, 6) is 0.0863. The maximum atomic E-state index is 13.0. The van der Waals surface area contributed by atoms with Crippen molar-refractivity contribution in [3.63, 3.8) is 0 Å². The average Bonchev–Trinajstić information content (AvgIpc) is 3.38. The Hall–Kier alpha value is -3.19. The maximum Gasteiger partial charge on any atom is 0.253 e. The number of amides is 1. The van der Waals surface area contributed by atoms with Crippen molar-refractivity contribution in [1.29, 1.82) is 0 Å². The molecule has 3 heterocycles. The third-order valence-corrected chi connectivity index (χ3v) is 6.32. The van der Waals surface area contributed by atoms with E-state index in [1.165, 1.54) is 4.70 Å². The van der Waals surface area contributed by atoms with Gasteiger partial charge in [-0.15, -0.1) is 0 Å². The number of nitrogens with zero attached hydrogens (tertiary/aromatic N) is 5. The molecule has 1 saturated heterocycles. The van der Waals surface area contributed by atoms with E-state index in [9.17, 15) is 4.79 Å². The highest BCUT2D eigenvalue weighted by Gasteiger charge is 2.22. The summed E-state index contributed by atoms with van der Waals surface area (Å²) in [4.78, 5) is 22.0. The van der Waals surface area contributed by atoms with Gasteiger partial charge in [0.15, 0.2) is 5.13 Å². The predicted molar refractivity (Wildman–Crippen MR) is 116 cm³/mol. The average molecular weight is 404 g/mol. The van der Waals surface area contributed by atoms with Gasteiger partial charge in [-0.25, -0.2) is 9.67 Å². The molecule has 5 rings (SSSR count). The molecule has 4 aromatic rings. The second-order valence-corrected chi connectivity index (χ2v) is 8.10. The van der Waals surface area contributed by atoms with E-state index >= 15 is 0 Å². The van der Waals surface area contributed by atoms with E-state index in [-0.39, 0.29) is 5.91 Å². The second kappa shape index (κ2) is 7.67. The van der Waals surface area contributed by atoms with Crippen molar-refractivity contribution in [3.8, 4) is 5.69 Å². The van der Waals surface area contributed by atoms with Crippen LogP contribution in [0.5, 0.6) is 0 Å². The van der Waals surface area contributed by atoms with Gasteiger partial charge in [-0.1, -0.05) is 23.5 Å². The van der Waals surface area contributed by atoms with Crippen LogP contribution in [0.15, 0.2) is 67.0 Å². The summed E-state index contributed by atoms with van der Waals surface area (Å²) in [5, 5.41) is 5.27. The Bertz CT molecular complexity index is 1090. The van der Waals surface area contributed by atoms with E-state index in [1.54, 1.807) is 22.2 Å². The number of rotatable bonds is 3. The van der Waals surface area contributed by atoms with Gasteiger partial charge in [-0.05, 0) is 48.9 Å². The van der Waals surface area contributed by atoms with Crippen molar-refractivity contribution in [1.82, 2.24) is 19.7 Å². The van der Waals surface area contributed by atoms with Gasteiger partial charge in [-0.3, -0.25) is 4.79 Å². The monoisotopic (exact) mass is 403 g/mol. The Balaban J connectivity index is 1.28. The molecule has 0 bridgehead atoms. The Morgan fingerprint density at radius 1 is 0.931 bits per heavy atom. The second-order valence-electron chi connectivity index (χ2n) is 7.09. The number of para-hydroxylation sites is 1. The fraction of sp³-hybridized carbons (Fsp3) is 0.227. The molecular weight excluding hydrogens is 382 g/mol. The Labute approximate surface area is 173 Å². The molecule has 1 fully saturated rings. The fourth-order valence-electron chi connectivity index (χ4n) is 3.67. The van der Waals surface area contributed by atoms with Gasteiger partial charge in [0.1, 0.15) is 0 Å². The van der Waals surface area contributed by atoms with Crippen LogP contribution in [0.3, 0.4) is 0 Å². The number of benzene rings is 2. The minimum atomic E-state index is 0.0863. The topological polar surface area (TPSA) is 54.3 Å². The van der Waals surface area contributed by atoms with Crippen LogP contribution in [0.1, 0.15) is 16.8 Å². The number of carbonyl (C=O) groups is 1. The molecule has 7 heteroatoms. The van der Waals surface area contributed by atoms with Crippen LogP contribution in [-0.4, -0.2) is 51.8 Å². The van der Waals surface area contributed by atoms with Gasteiger partial charge >= 0.3 is 0 Å². The van der Waals surface area contributed by atoms with Crippen molar-refractivity contribution in [3.05, 3.63) is 72.6 Å². The van der Waals surface area contributed by atoms with Gasteiger partial charge in [0.2, 0.25) is 0 Å². The number of thiazole rings is 1. The van der Waals surface area contributed by atoms with E-state index in [2.05, 4.69) is 22.1 Å². The molecule has 0 N–H and O–H groups in total. The number of aromatic nitrogens is 3. The SMILES string of the molecule is O=C(c1ccc(-n2cccn2)cc1)N1CCCN(c2nc3ccccc3s2)CC1.